The minimum absolute atomic E-state index is 0.160. The number of carbonyl (C=O) groups excluding carboxylic acids is 1. The summed E-state index contributed by atoms with van der Waals surface area (Å²) in [5.74, 6) is -0.160. The van der Waals surface area contributed by atoms with Crippen molar-refractivity contribution < 1.29 is 9.53 Å². The largest absolute Gasteiger partial charge is 0.460 e. The quantitative estimate of drug-likeness (QED) is 0.477. The molecule has 0 aromatic heterocycles. The van der Waals surface area contributed by atoms with Gasteiger partial charge in [0, 0.05) is 52.4 Å². The fraction of sp³-hybridized carbons (Fsp3) is 0.345. The van der Waals surface area contributed by atoms with Crippen LogP contribution in [0.3, 0.4) is 0 Å². The first kappa shape index (κ1) is 24.1. The lowest BCUT2D eigenvalue weighted by molar-refractivity contribution is -0.146. The highest BCUT2D eigenvalue weighted by atomic mass is 16.5. The van der Waals surface area contributed by atoms with Gasteiger partial charge in [0.2, 0.25) is 0 Å². The standard InChI is InChI=1S/C29H35N3O2/c33-29(34-25-28-14-8-3-9-15-28)24-32-20-18-30(22-26-10-4-1-5-11-26)16-17-31(19-21-32)23-27-12-6-2-7-13-27/h1-15H,16-25H2. The molecule has 1 aliphatic heterocycles. The Bertz CT molecular complexity index is 929. The second-order valence-corrected chi connectivity index (χ2v) is 8.95. The first-order valence-corrected chi connectivity index (χ1v) is 12.2. The monoisotopic (exact) mass is 457 g/mol. The van der Waals surface area contributed by atoms with Crippen molar-refractivity contribution in [1.29, 1.82) is 0 Å². The molecule has 0 amide bonds. The van der Waals surface area contributed by atoms with Crippen LogP contribution in [-0.2, 0) is 29.2 Å². The predicted molar refractivity (Wildman–Crippen MR) is 136 cm³/mol. The number of hydrogen-bond acceptors (Lipinski definition) is 5. The fourth-order valence-electron chi connectivity index (χ4n) is 4.31. The van der Waals surface area contributed by atoms with Crippen molar-refractivity contribution in [2.45, 2.75) is 19.7 Å². The summed E-state index contributed by atoms with van der Waals surface area (Å²) in [6, 6.07) is 31.1. The van der Waals surface area contributed by atoms with Crippen molar-refractivity contribution in [3.8, 4) is 0 Å². The van der Waals surface area contributed by atoms with E-state index in [1.54, 1.807) is 0 Å². The summed E-state index contributed by atoms with van der Waals surface area (Å²) in [5.41, 5.74) is 3.67. The lowest BCUT2D eigenvalue weighted by Crippen LogP contribution is -2.39. The van der Waals surface area contributed by atoms with Crippen LogP contribution in [0.2, 0.25) is 0 Å². The molecule has 4 rings (SSSR count). The van der Waals surface area contributed by atoms with Crippen LogP contribution in [0, 0.1) is 0 Å². The van der Waals surface area contributed by atoms with Crippen LogP contribution in [0.25, 0.3) is 0 Å². The second-order valence-electron chi connectivity index (χ2n) is 8.95. The summed E-state index contributed by atoms with van der Waals surface area (Å²) in [5, 5.41) is 0. The third-order valence-electron chi connectivity index (χ3n) is 6.29. The molecule has 1 aliphatic rings. The molecule has 0 spiro atoms. The molecule has 1 heterocycles. The van der Waals surface area contributed by atoms with Gasteiger partial charge < -0.3 is 4.74 Å². The van der Waals surface area contributed by atoms with Crippen LogP contribution in [-0.4, -0.2) is 66.5 Å². The maximum absolute atomic E-state index is 12.6. The first-order chi connectivity index (χ1) is 16.7. The van der Waals surface area contributed by atoms with E-state index in [1.807, 2.05) is 30.3 Å². The number of hydrogen-bond donors (Lipinski definition) is 0. The van der Waals surface area contributed by atoms with E-state index in [4.69, 9.17) is 4.74 Å². The van der Waals surface area contributed by atoms with Gasteiger partial charge in [0.15, 0.2) is 0 Å². The van der Waals surface area contributed by atoms with Gasteiger partial charge in [0.05, 0.1) is 6.54 Å². The third kappa shape index (κ3) is 8.10. The molecular weight excluding hydrogens is 422 g/mol. The highest BCUT2D eigenvalue weighted by Gasteiger charge is 2.19. The molecule has 0 unspecified atom stereocenters. The van der Waals surface area contributed by atoms with Crippen molar-refractivity contribution in [3.63, 3.8) is 0 Å². The molecule has 5 nitrogen and oxygen atoms in total. The average molecular weight is 458 g/mol. The number of esters is 1. The SMILES string of the molecule is O=C(CN1CCN(Cc2ccccc2)CCN(Cc2ccccc2)CC1)OCc1ccccc1. The summed E-state index contributed by atoms with van der Waals surface area (Å²) in [7, 11) is 0. The van der Waals surface area contributed by atoms with Crippen molar-refractivity contribution in [2.24, 2.45) is 0 Å². The summed E-state index contributed by atoms with van der Waals surface area (Å²) < 4.78 is 5.57. The van der Waals surface area contributed by atoms with Gasteiger partial charge in [-0.05, 0) is 16.7 Å². The minimum atomic E-state index is -0.160. The van der Waals surface area contributed by atoms with Gasteiger partial charge >= 0.3 is 5.97 Å². The smallest absolute Gasteiger partial charge is 0.320 e. The van der Waals surface area contributed by atoms with E-state index >= 15 is 0 Å². The van der Waals surface area contributed by atoms with Crippen molar-refractivity contribution in [2.75, 3.05) is 45.8 Å². The Balaban J connectivity index is 1.38. The van der Waals surface area contributed by atoms with Gasteiger partial charge in [0.1, 0.15) is 6.61 Å². The van der Waals surface area contributed by atoms with E-state index in [1.165, 1.54) is 11.1 Å². The Hall–Kier alpha value is -2.99. The van der Waals surface area contributed by atoms with E-state index in [-0.39, 0.29) is 5.97 Å². The molecule has 178 valence electrons. The van der Waals surface area contributed by atoms with Gasteiger partial charge in [-0.1, -0.05) is 91.0 Å². The molecule has 5 heteroatoms. The van der Waals surface area contributed by atoms with Gasteiger partial charge in [-0.15, -0.1) is 0 Å². The molecule has 0 aliphatic carbocycles. The van der Waals surface area contributed by atoms with E-state index in [0.29, 0.717) is 13.2 Å². The zero-order chi connectivity index (χ0) is 23.4. The Kier molecular flexibility index (Phi) is 9.26. The summed E-state index contributed by atoms with van der Waals surface area (Å²) in [6.45, 7) is 8.08. The molecule has 0 radical (unpaired) electrons. The number of benzene rings is 3. The Labute approximate surface area is 203 Å². The van der Waals surface area contributed by atoms with Crippen molar-refractivity contribution in [3.05, 3.63) is 108 Å². The molecule has 1 saturated heterocycles. The van der Waals surface area contributed by atoms with Gasteiger partial charge in [-0.3, -0.25) is 19.5 Å². The summed E-state index contributed by atoms with van der Waals surface area (Å²) >= 11 is 0. The molecule has 0 bridgehead atoms. The van der Waals surface area contributed by atoms with Gasteiger partial charge in [-0.25, -0.2) is 0 Å². The van der Waals surface area contributed by atoms with Crippen LogP contribution >= 0.6 is 0 Å². The van der Waals surface area contributed by atoms with E-state index in [2.05, 4.69) is 75.4 Å². The highest BCUT2D eigenvalue weighted by molar-refractivity contribution is 5.71. The molecule has 0 atom stereocenters. The van der Waals surface area contributed by atoms with Crippen LogP contribution in [0.1, 0.15) is 16.7 Å². The zero-order valence-corrected chi connectivity index (χ0v) is 19.9. The normalized spacial score (nSPS) is 16.4. The molecule has 1 fully saturated rings. The maximum Gasteiger partial charge on any atom is 0.320 e. The van der Waals surface area contributed by atoms with Gasteiger partial charge in [-0.2, -0.15) is 0 Å². The first-order valence-electron chi connectivity index (χ1n) is 12.2. The molecule has 0 N–H and O–H groups in total. The lowest BCUT2D eigenvalue weighted by atomic mass is 10.2. The zero-order valence-electron chi connectivity index (χ0n) is 19.9. The summed E-state index contributed by atoms with van der Waals surface area (Å²) in [4.78, 5) is 19.9. The topological polar surface area (TPSA) is 36.0 Å². The molecule has 0 saturated carbocycles. The van der Waals surface area contributed by atoms with E-state index < -0.39 is 0 Å². The van der Waals surface area contributed by atoms with E-state index in [9.17, 15) is 4.79 Å². The summed E-state index contributed by atoms with van der Waals surface area (Å²) in [6.07, 6.45) is 0. The number of ether oxygens (including phenoxy) is 1. The molecular formula is C29H35N3O2. The fourth-order valence-corrected chi connectivity index (χ4v) is 4.31. The van der Waals surface area contributed by atoms with Crippen LogP contribution in [0.5, 0.6) is 0 Å². The van der Waals surface area contributed by atoms with E-state index in [0.717, 1.165) is 57.9 Å². The minimum Gasteiger partial charge on any atom is -0.460 e. The predicted octanol–water partition coefficient (Wildman–Crippen LogP) is 4.05. The van der Waals surface area contributed by atoms with Gasteiger partial charge in [0.25, 0.3) is 0 Å². The Morgan fingerprint density at radius 3 is 1.38 bits per heavy atom. The van der Waals surface area contributed by atoms with Crippen molar-refractivity contribution in [1.82, 2.24) is 14.7 Å². The third-order valence-corrected chi connectivity index (χ3v) is 6.29. The molecule has 34 heavy (non-hydrogen) atoms. The highest BCUT2D eigenvalue weighted by Crippen LogP contribution is 2.10. The Morgan fingerprint density at radius 1 is 0.559 bits per heavy atom. The van der Waals surface area contributed by atoms with Crippen LogP contribution < -0.4 is 0 Å². The lowest BCUT2D eigenvalue weighted by Gasteiger charge is -2.26. The van der Waals surface area contributed by atoms with Crippen molar-refractivity contribution >= 4 is 5.97 Å². The number of rotatable bonds is 8. The number of carbonyl (C=O) groups is 1. The Morgan fingerprint density at radius 2 is 0.941 bits per heavy atom. The molecule has 3 aromatic carbocycles. The second kappa shape index (κ2) is 13.0. The molecule has 3 aromatic rings. The van der Waals surface area contributed by atoms with Crippen LogP contribution in [0.4, 0.5) is 0 Å². The maximum atomic E-state index is 12.6. The average Bonchev–Trinajstić information content (AvgIpc) is 2.96. The number of nitrogens with zero attached hydrogens (tertiary/aromatic N) is 3. The van der Waals surface area contributed by atoms with Crippen LogP contribution in [0.15, 0.2) is 91.0 Å².